The monoisotopic (exact) mass is 172 g/mol. The van der Waals surface area contributed by atoms with E-state index in [1.54, 1.807) is 0 Å². The van der Waals surface area contributed by atoms with Crippen LogP contribution in [0, 0.1) is 0 Å². The molecule has 0 aliphatic rings. The molecule has 0 saturated heterocycles. The number of alkyl halides is 2. The average Bonchev–Trinajstić information content (AvgIpc) is 1.87. The molecular formula is C5H10Cl2O2. The van der Waals surface area contributed by atoms with E-state index in [4.69, 9.17) is 33.4 Å². The number of rotatable bonds is 4. The molecule has 0 spiro atoms. The molecule has 0 amide bonds. The lowest BCUT2D eigenvalue weighted by molar-refractivity contribution is 0.262. The van der Waals surface area contributed by atoms with Crippen LogP contribution in [-0.2, 0) is 0 Å². The van der Waals surface area contributed by atoms with E-state index in [0.717, 1.165) is 0 Å². The molecule has 0 saturated carbocycles. The molecule has 0 aliphatic carbocycles. The van der Waals surface area contributed by atoms with Gasteiger partial charge < -0.3 is 10.2 Å². The molecule has 0 rings (SSSR count). The van der Waals surface area contributed by atoms with Gasteiger partial charge in [0.15, 0.2) is 0 Å². The van der Waals surface area contributed by atoms with Gasteiger partial charge in [0.05, 0.1) is 24.0 Å². The Morgan fingerprint density at radius 1 is 1.00 bits per heavy atom. The van der Waals surface area contributed by atoms with Gasteiger partial charge in [-0.3, -0.25) is 0 Å². The molecule has 4 heteroatoms. The second-order valence-corrected chi connectivity index (χ2v) is 3.03. The van der Waals surface area contributed by atoms with Crippen LogP contribution in [0.25, 0.3) is 0 Å². The SMILES string of the molecule is OCC(Cl)CC(Cl)CO. The number of aliphatic hydroxyl groups is 2. The highest BCUT2D eigenvalue weighted by molar-refractivity contribution is 6.23. The predicted molar refractivity (Wildman–Crippen MR) is 38.1 cm³/mol. The lowest BCUT2D eigenvalue weighted by Gasteiger charge is -2.07. The van der Waals surface area contributed by atoms with Crippen LogP contribution >= 0.6 is 23.2 Å². The zero-order valence-electron chi connectivity index (χ0n) is 4.93. The number of hydrogen-bond donors (Lipinski definition) is 2. The smallest absolute Gasteiger partial charge is 0.0595 e. The minimum Gasteiger partial charge on any atom is -0.395 e. The maximum absolute atomic E-state index is 8.41. The third kappa shape index (κ3) is 4.97. The van der Waals surface area contributed by atoms with Crippen molar-refractivity contribution in [3.63, 3.8) is 0 Å². The molecule has 0 radical (unpaired) electrons. The van der Waals surface area contributed by atoms with Gasteiger partial charge in [-0.1, -0.05) is 0 Å². The van der Waals surface area contributed by atoms with E-state index < -0.39 is 0 Å². The van der Waals surface area contributed by atoms with Crippen LogP contribution in [0.15, 0.2) is 0 Å². The van der Waals surface area contributed by atoms with Gasteiger partial charge in [-0.25, -0.2) is 0 Å². The van der Waals surface area contributed by atoms with E-state index in [-0.39, 0.29) is 24.0 Å². The van der Waals surface area contributed by atoms with Crippen LogP contribution in [0.4, 0.5) is 0 Å². The lowest BCUT2D eigenvalue weighted by atomic mass is 10.2. The Hall–Kier alpha value is 0.500. The summed E-state index contributed by atoms with van der Waals surface area (Å²) in [6, 6.07) is 0. The van der Waals surface area contributed by atoms with Crippen LogP contribution in [0.3, 0.4) is 0 Å². The fourth-order valence-corrected chi connectivity index (χ4v) is 0.948. The highest BCUT2D eigenvalue weighted by Crippen LogP contribution is 2.09. The topological polar surface area (TPSA) is 40.5 Å². The predicted octanol–water partition coefficient (Wildman–Crippen LogP) is 0.576. The molecule has 2 N–H and O–H groups in total. The fourth-order valence-electron chi connectivity index (χ4n) is 0.427. The maximum atomic E-state index is 8.41. The zero-order valence-corrected chi connectivity index (χ0v) is 6.44. The minimum atomic E-state index is -0.334. The summed E-state index contributed by atoms with van der Waals surface area (Å²) in [5, 5.41) is 16.1. The van der Waals surface area contributed by atoms with Crippen molar-refractivity contribution in [2.45, 2.75) is 17.2 Å². The highest BCUT2D eigenvalue weighted by atomic mass is 35.5. The van der Waals surface area contributed by atoms with E-state index in [1.807, 2.05) is 0 Å². The van der Waals surface area contributed by atoms with E-state index in [9.17, 15) is 0 Å². The van der Waals surface area contributed by atoms with Crippen molar-refractivity contribution in [3.8, 4) is 0 Å². The Morgan fingerprint density at radius 2 is 1.33 bits per heavy atom. The summed E-state index contributed by atoms with van der Waals surface area (Å²) in [5.41, 5.74) is 0. The molecule has 0 aromatic heterocycles. The molecule has 0 aromatic rings. The normalized spacial score (nSPS) is 17.3. The first kappa shape index (κ1) is 9.50. The Bertz CT molecular complexity index is 62.0. The van der Waals surface area contributed by atoms with Gasteiger partial charge >= 0.3 is 0 Å². The molecule has 9 heavy (non-hydrogen) atoms. The minimum absolute atomic E-state index is 0.0925. The van der Waals surface area contributed by atoms with Gasteiger partial charge in [-0.2, -0.15) is 0 Å². The second kappa shape index (κ2) is 5.30. The molecule has 0 fully saturated rings. The molecule has 2 atom stereocenters. The largest absolute Gasteiger partial charge is 0.395 e. The van der Waals surface area contributed by atoms with Crippen molar-refractivity contribution < 1.29 is 10.2 Å². The molecule has 0 aliphatic heterocycles. The lowest BCUT2D eigenvalue weighted by Crippen LogP contribution is -2.14. The Kier molecular flexibility index (Phi) is 5.59. The van der Waals surface area contributed by atoms with E-state index in [2.05, 4.69) is 0 Å². The van der Waals surface area contributed by atoms with Gasteiger partial charge in [-0.05, 0) is 6.42 Å². The first-order valence-corrected chi connectivity index (χ1v) is 3.57. The Labute approximate surface area is 64.4 Å². The summed E-state index contributed by atoms with van der Waals surface area (Å²) in [7, 11) is 0. The van der Waals surface area contributed by atoms with Crippen LogP contribution in [0.5, 0.6) is 0 Å². The van der Waals surface area contributed by atoms with E-state index in [1.165, 1.54) is 0 Å². The highest BCUT2D eigenvalue weighted by Gasteiger charge is 2.09. The second-order valence-electron chi connectivity index (χ2n) is 1.80. The number of hydrogen-bond acceptors (Lipinski definition) is 2. The summed E-state index contributed by atoms with van der Waals surface area (Å²) in [6.45, 7) is -0.185. The third-order valence-corrected chi connectivity index (χ3v) is 1.54. The van der Waals surface area contributed by atoms with Crippen molar-refractivity contribution in [3.05, 3.63) is 0 Å². The first-order chi connectivity index (χ1) is 4.20. The van der Waals surface area contributed by atoms with Crippen molar-refractivity contribution in [1.82, 2.24) is 0 Å². The summed E-state index contributed by atoms with van der Waals surface area (Å²) < 4.78 is 0. The van der Waals surface area contributed by atoms with Crippen LogP contribution in [-0.4, -0.2) is 34.2 Å². The van der Waals surface area contributed by atoms with Crippen molar-refractivity contribution in [2.75, 3.05) is 13.2 Å². The molecule has 2 nitrogen and oxygen atoms in total. The van der Waals surface area contributed by atoms with Crippen molar-refractivity contribution >= 4 is 23.2 Å². The third-order valence-electron chi connectivity index (χ3n) is 0.908. The van der Waals surface area contributed by atoms with Crippen LogP contribution < -0.4 is 0 Å². The van der Waals surface area contributed by atoms with Gasteiger partial charge in [0.25, 0.3) is 0 Å². The Balaban J connectivity index is 3.22. The van der Waals surface area contributed by atoms with Gasteiger partial charge in [-0.15, -0.1) is 23.2 Å². The number of halogens is 2. The molecule has 56 valence electrons. The summed E-state index contributed by atoms with van der Waals surface area (Å²) in [5.74, 6) is 0. The van der Waals surface area contributed by atoms with E-state index >= 15 is 0 Å². The van der Waals surface area contributed by atoms with Gasteiger partial charge in [0.1, 0.15) is 0 Å². The number of aliphatic hydroxyl groups excluding tert-OH is 2. The molecule has 0 heterocycles. The maximum Gasteiger partial charge on any atom is 0.0595 e. The zero-order chi connectivity index (χ0) is 7.28. The average molecular weight is 173 g/mol. The summed E-state index contributed by atoms with van der Waals surface area (Å²) in [4.78, 5) is 0. The molecular weight excluding hydrogens is 163 g/mol. The first-order valence-electron chi connectivity index (χ1n) is 2.70. The van der Waals surface area contributed by atoms with Crippen molar-refractivity contribution in [1.29, 1.82) is 0 Å². The summed E-state index contributed by atoms with van der Waals surface area (Å²) >= 11 is 11.0. The molecule has 0 bridgehead atoms. The van der Waals surface area contributed by atoms with Crippen LogP contribution in [0.1, 0.15) is 6.42 Å². The molecule has 2 unspecified atom stereocenters. The van der Waals surface area contributed by atoms with E-state index in [0.29, 0.717) is 6.42 Å². The molecule has 0 aromatic carbocycles. The fraction of sp³-hybridized carbons (Fsp3) is 1.00. The Morgan fingerprint density at radius 3 is 1.56 bits per heavy atom. The summed E-state index contributed by atoms with van der Waals surface area (Å²) in [6.07, 6.45) is 0.441. The van der Waals surface area contributed by atoms with Crippen molar-refractivity contribution in [2.24, 2.45) is 0 Å². The quantitative estimate of drug-likeness (QED) is 0.610. The standard InChI is InChI=1S/C5H10Cl2O2/c6-4(2-8)1-5(7)3-9/h4-5,8-9H,1-3H2. The van der Waals surface area contributed by atoms with Gasteiger partial charge in [0.2, 0.25) is 0 Å². The van der Waals surface area contributed by atoms with Gasteiger partial charge in [0, 0.05) is 0 Å². The van der Waals surface area contributed by atoms with Crippen LogP contribution in [0.2, 0.25) is 0 Å².